The Morgan fingerprint density at radius 3 is 2.17 bits per heavy atom. The third-order valence-electron chi connectivity index (χ3n) is 6.04. The van der Waals surface area contributed by atoms with E-state index in [9.17, 15) is 4.79 Å². The maximum atomic E-state index is 13.4. The first-order valence-corrected chi connectivity index (χ1v) is 10.3. The van der Waals surface area contributed by atoms with E-state index < -0.39 is 10.3 Å². The summed E-state index contributed by atoms with van der Waals surface area (Å²) >= 11 is 7.00. The van der Waals surface area contributed by atoms with E-state index in [1.807, 2.05) is 56.6 Å². The van der Waals surface area contributed by atoms with Crippen molar-refractivity contribution in [2.45, 2.75) is 37.6 Å². The molecule has 0 unspecified atom stereocenters. The van der Waals surface area contributed by atoms with Gasteiger partial charge in [-0.25, -0.2) is 0 Å². The summed E-state index contributed by atoms with van der Waals surface area (Å²) in [5.74, 6) is -0.296. The van der Waals surface area contributed by atoms with E-state index in [1.165, 1.54) is 0 Å². The van der Waals surface area contributed by atoms with Crippen LogP contribution in [0.3, 0.4) is 0 Å². The molecule has 1 saturated heterocycles. The minimum absolute atomic E-state index is 0.0687. The van der Waals surface area contributed by atoms with Crippen molar-refractivity contribution in [1.29, 1.82) is 0 Å². The Morgan fingerprint density at radius 2 is 1.62 bits per heavy atom. The zero-order chi connectivity index (χ0) is 21.2. The van der Waals surface area contributed by atoms with Crippen LogP contribution in [0.4, 0.5) is 0 Å². The van der Waals surface area contributed by atoms with Gasteiger partial charge in [0.1, 0.15) is 4.87 Å². The Kier molecular flexibility index (Phi) is 6.00. The van der Waals surface area contributed by atoms with Crippen LogP contribution in [0.2, 0.25) is 0 Å². The average molecular weight is 409 g/mol. The van der Waals surface area contributed by atoms with Crippen molar-refractivity contribution in [3.63, 3.8) is 0 Å². The van der Waals surface area contributed by atoms with E-state index in [0.29, 0.717) is 0 Å². The molecule has 2 aromatic rings. The molecule has 0 aromatic heterocycles. The molecule has 3 nitrogen and oxygen atoms in total. The molecule has 0 spiro atoms. The first-order valence-electron chi connectivity index (χ1n) is 9.91. The van der Waals surface area contributed by atoms with Gasteiger partial charge in [-0.2, -0.15) is 0 Å². The van der Waals surface area contributed by atoms with Gasteiger partial charge < -0.3 is 9.89 Å². The van der Waals surface area contributed by atoms with Crippen LogP contribution in [-0.2, 0) is 4.79 Å². The Morgan fingerprint density at radius 1 is 1.07 bits per heavy atom. The van der Waals surface area contributed by atoms with Gasteiger partial charge in [-0.15, -0.1) is 11.6 Å². The van der Waals surface area contributed by atoms with E-state index in [-0.39, 0.29) is 17.9 Å². The van der Waals surface area contributed by atoms with Gasteiger partial charge in [0.15, 0.2) is 0 Å². The lowest BCUT2D eigenvalue weighted by Crippen LogP contribution is -2.65. The predicted octanol–water partition coefficient (Wildman–Crippen LogP) is 5.42. The summed E-state index contributed by atoms with van der Waals surface area (Å²) in [4.78, 5) is 18.6. The highest BCUT2D eigenvalue weighted by Gasteiger charge is 2.60. The molecule has 2 aromatic carbocycles. The Bertz CT molecular complexity index is 920. The summed E-state index contributed by atoms with van der Waals surface area (Å²) in [6, 6.07) is 20.1. The summed E-state index contributed by atoms with van der Waals surface area (Å²) in [5.41, 5.74) is 2.77. The van der Waals surface area contributed by atoms with Crippen LogP contribution in [0.15, 0.2) is 71.2 Å². The topological polar surface area (TPSA) is 32.7 Å². The molecule has 1 amide bonds. The normalized spacial score (nSPS) is 30.8. The minimum atomic E-state index is -1.07. The lowest BCUT2D eigenvalue weighted by molar-refractivity contribution is -0.141. The second kappa shape index (κ2) is 8.16. The van der Waals surface area contributed by atoms with Gasteiger partial charge in [0.25, 0.3) is 0 Å². The number of rotatable bonds is 4. The molecule has 0 bridgehead atoms. The summed E-state index contributed by atoms with van der Waals surface area (Å²) in [7, 11) is 3.63. The number of amides is 1. The van der Waals surface area contributed by atoms with Gasteiger partial charge in [-0.1, -0.05) is 73.7 Å². The number of alkyl halides is 1. The molecule has 1 heterocycles. The number of carbonyl (C=O) groups excluding carboxylic acids is 1. The number of benzene rings is 2. The van der Waals surface area contributed by atoms with E-state index in [4.69, 9.17) is 11.6 Å². The third-order valence-corrected chi connectivity index (χ3v) is 6.42. The highest BCUT2D eigenvalue weighted by atomic mass is 35.5. The van der Waals surface area contributed by atoms with Crippen LogP contribution < -0.4 is 0 Å². The molecular weight excluding hydrogens is 380 g/mol. The molecule has 0 radical (unpaired) electrons. The first kappa shape index (κ1) is 21.3. The van der Waals surface area contributed by atoms with Crippen molar-refractivity contribution < 1.29 is 4.79 Å². The summed E-state index contributed by atoms with van der Waals surface area (Å²) in [6.07, 6.45) is 4.12. The Balaban J connectivity index is 2.21. The second-order valence-electron chi connectivity index (χ2n) is 8.29. The van der Waals surface area contributed by atoms with Crippen LogP contribution >= 0.6 is 11.6 Å². The van der Waals surface area contributed by atoms with Gasteiger partial charge in [0, 0.05) is 31.6 Å². The van der Waals surface area contributed by atoms with E-state index >= 15 is 0 Å². The summed E-state index contributed by atoms with van der Waals surface area (Å²) < 4.78 is 0. The molecule has 0 N–H and O–H groups in total. The number of nitrogens with zero attached hydrogens (tertiary/aromatic N) is 2. The fourth-order valence-corrected chi connectivity index (χ4v) is 5.67. The highest BCUT2D eigenvalue weighted by Crippen LogP contribution is 2.54. The number of hydrogen-bond donors (Lipinski definition) is 0. The highest BCUT2D eigenvalue weighted by molar-refractivity contribution is 6.35. The molecule has 4 atom stereocenters. The molecule has 152 valence electrons. The van der Waals surface area contributed by atoms with Gasteiger partial charge in [-0.05, 0) is 30.5 Å². The maximum absolute atomic E-state index is 13.4. The SMILES string of the molecule is CN=C[C@]1(C)[C@@H](c2ccccc2)[C@@](C)(Cl)C(=O)N(C)[C@@H]1/C(C)=C/c1ccccc1. The number of hydrogen-bond acceptors (Lipinski definition) is 2. The van der Waals surface area contributed by atoms with Crippen LogP contribution in [0.1, 0.15) is 37.8 Å². The average Bonchev–Trinajstić information content (AvgIpc) is 2.68. The van der Waals surface area contributed by atoms with Crippen LogP contribution in [0.25, 0.3) is 6.08 Å². The molecule has 0 aliphatic carbocycles. The summed E-state index contributed by atoms with van der Waals surface area (Å²) in [6.45, 7) is 6.08. The molecule has 4 heteroatoms. The number of halogens is 1. The zero-order valence-electron chi connectivity index (χ0n) is 17.8. The molecule has 29 heavy (non-hydrogen) atoms. The number of piperidine rings is 1. The zero-order valence-corrected chi connectivity index (χ0v) is 18.5. The Hall–Kier alpha value is -2.39. The lowest BCUT2D eigenvalue weighted by atomic mass is 9.59. The molecule has 3 rings (SSSR count). The van der Waals surface area contributed by atoms with Crippen molar-refractivity contribution in [1.82, 2.24) is 4.90 Å². The number of carbonyl (C=O) groups is 1. The van der Waals surface area contributed by atoms with Gasteiger partial charge in [0.05, 0.1) is 6.04 Å². The van der Waals surface area contributed by atoms with Crippen molar-refractivity contribution in [3.8, 4) is 0 Å². The third kappa shape index (κ3) is 3.76. The molecule has 0 saturated carbocycles. The first-order chi connectivity index (χ1) is 13.7. The molecule has 1 aliphatic rings. The van der Waals surface area contributed by atoms with E-state index in [0.717, 1.165) is 16.7 Å². The van der Waals surface area contributed by atoms with Gasteiger partial charge in [0.2, 0.25) is 5.91 Å². The van der Waals surface area contributed by atoms with Crippen LogP contribution in [0.5, 0.6) is 0 Å². The van der Waals surface area contributed by atoms with E-state index in [1.54, 1.807) is 11.9 Å². The van der Waals surface area contributed by atoms with Crippen molar-refractivity contribution in [3.05, 3.63) is 77.4 Å². The van der Waals surface area contributed by atoms with Crippen LogP contribution in [0, 0.1) is 5.41 Å². The molecule has 1 aliphatic heterocycles. The largest absolute Gasteiger partial charge is 0.337 e. The van der Waals surface area contributed by atoms with Gasteiger partial charge >= 0.3 is 0 Å². The fourth-order valence-electron chi connectivity index (χ4n) is 5.17. The number of likely N-dealkylation sites (tertiary alicyclic amines) is 1. The second-order valence-corrected chi connectivity index (χ2v) is 9.08. The number of aliphatic imine (C=N–C) groups is 1. The standard InChI is InChI=1S/C25H29ClN2O/c1-18(16-19-12-8-6-9-13-19)22-24(2,17-27-4)21(20-14-10-7-11-15-20)25(3,26)23(29)28(22)5/h6-17,21-22H,1-5H3/b18-16+,27-17?/t21-,22-,24-,25-/m1/s1. The minimum Gasteiger partial charge on any atom is -0.337 e. The smallest absolute Gasteiger partial charge is 0.244 e. The lowest BCUT2D eigenvalue weighted by Gasteiger charge is -2.55. The maximum Gasteiger partial charge on any atom is 0.244 e. The Labute approximate surface area is 179 Å². The van der Waals surface area contributed by atoms with Crippen molar-refractivity contribution in [2.24, 2.45) is 10.4 Å². The predicted molar refractivity (Wildman–Crippen MR) is 123 cm³/mol. The van der Waals surface area contributed by atoms with E-state index in [2.05, 4.69) is 49.2 Å². The monoisotopic (exact) mass is 408 g/mol. The molecular formula is C25H29ClN2O. The molecule has 1 fully saturated rings. The quantitative estimate of drug-likeness (QED) is 0.491. The van der Waals surface area contributed by atoms with Crippen LogP contribution in [-0.4, -0.2) is 42.0 Å². The van der Waals surface area contributed by atoms with Crippen molar-refractivity contribution in [2.75, 3.05) is 14.1 Å². The number of likely N-dealkylation sites (N-methyl/N-ethyl adjacent to an activating group) is 1. The fraction of sp³-hybridized carbons (Fsp3) is 0.360. The summed E-state index contributed by atoms with van der Waals surface area (Å²) in [5, 5.41) is 0. The van der Waals surface area contributed by atoms with Gasteiger partial charge in [-0.3, -0.25) is 4.79 Å². The van der Waals surface area contributed by atoms with Crippen molar-refractivity contribution >= 4 is 29.8 Å².